The summed E-state index contributed by atoms with van der Waals surface area (Å²) in [6, 6.07) is 12.5. The van der Waals surface area contributed by atoms with E-state index in [9.17, 15) is 23.9 Å². The molecule has 0 aliphatic heterocycles. The van der Waals surface area contributed by atoms with Crippen LogP contribution in [0, 0.1) is 11.7 Å². The first-order valence-electron chi connectivity index (χ1n) is 8.65. The molecule has 2 aromatic rings. The van der Waals surface area contributed by atoms with Gasteiger partial charge in [0.25, 0.3) is 11.8 Å². The van der Waals surface area contributed by atoms with Gasteiger partial charge in [-0.3, -0.25) is 9.59 Å². The van der Waals surface area contributed by atoms with Crippen molar-refractivity contribution < 1.29 is 23.9 Å². The lowest BCUT2D eigenvalue weighted by Gasteiger charge is -2.19. The summed E-state index contributed by atoms with van der Waals surface area (Å²) in [7, 11) is 0. The monoisotopic (exact) mass is 384 g/mol. The van der Waals surface area contributed by atoms with Crippen molar-refractivity contribution in [1.29, 1.82) is 0 Å². The average Bonchev–Trinajstić information content (AvgIpc) is 2.67. The highest BCUT2D eigenvalue weighted by molar-refractivity contribution is 6.06. The standard InChI is InChI=1S/C21H21FN2O4/c1-13(2)18(21(27)28)24-20(26)17(12-14-8-10-16(22)11-9-14)23-19(25)15-6-4-3-5-7-15/h3-13,18H,1-2H3,(H,23,25)(H,24,26)(H,27,28)/b17-12+/t18-/m1/s1. The Hall–Kier alpha value is -3.48. The van der Waals surface area contributed by atoms with E-state index in [-0.39, 0.29) is 11.6 Å². The van der Waals surface area contributed by atoms with Gasteiger partial charge in [-0.25, -0.2) is 9.18 Å². The Morgan fingerprint density at radius 1 is 1.00 bits per heavy atom. The second kappa shape index (κ2) is 9.45. The van der Waals surface area contributed by atoms with Crippen molar-refractivity contribution in [3.05, 3.63) is 77.2 Å². The first kappa shape index (κ1) is 20.8. The highest BCUT2D eigenvalue weighted by atomic mass is 19.1. The number of carbonyl (C=O) groups excluding carboxylic acids is 2. The Morgan fingerprint density at radius 2 is 1.61 bits per heavy atom. The van der Waals surface area contributed by atoms with Crippen molar-refractivity contribution in [2.45, 2.75) is 19.9 Å². The lowest BCUT2D eigenvalue weighted by atomic mass is 10.0. The highest BCUT2D eigenvalue weighted by Gasteiger charge is 2.25. The smallest absolute Gasteiger partial charge is 0.326 e. The molecule has 1 atom stereocenters. The summed E-state index contributed by atoms with van der Waals surface area (Å²) < 4.78 is 13.1. The minimum Gasteiger partial charge on any atom is -0.480 e. The van der Waals surface area contributed by atoms with Crippen LogP contribution in [-0.4, -0.2) is 28.9 Å². The fourth-order valence-electron chi connectivity index (χ4n) is 2.40. The number of carbonyl (C=O) groups is 3. The van der Waals surface area contributed by atoms with Gasteiger partial charge in [0, 0.05) is 5.56 Å². The molecule has 28 heavy (non-hydrogen) atoms. The third-order valence-corrected chi connectivity index (χ3v) is 3.93. The van der Waals surface area contributed by atoms with E-state index in [2.05, 4.69) is 10.6 Å². The van der Waals surface area contributed by atoms with Gasteiger partial charge in [0.2, 0.25) is 0 Å². The zero-order valence-corrected chi connectivity index (χ0v) is 15.5. The van der Waals surface area contributed by atoms with E-state index >= 15 is 0 Å². The molecular weight excluding hydrogens is 363 g/mol. The third-order valence-electron chi connectivity index (χ3n) is 3.93. The summed E-state index contributed by atoms with van der Waals surface area (Å²) in [6.07, 6.45) is 1.36. The van der Waals surface area contributed by atoms with E-state index in [4.69, 9.17) is 0 Å². The molecule has 0 aromatic heterocycles. The number of carboxylic acids is 1. The summed E-state index contributed by atoms with van der Waals surface area (Å²) >= 11 is 0. The van der Waals surface area contributed by atoms with E-state index in [0.29, 0.717) is 11.1 Å². The van der Waals surface area contributed by atoms with Crippen molar-refractivity contribution >= 4 is 23.9 Å². The Bertz CT molecular complexity index is 877. The summed E-state index contributed by atoms with van der Waals surface area (Å²) in [6.45, 7) is 3.32. The SMILES string of the molecule is CC(C)[C@@H](NC(=O)/C(=C\c1ccc(F)cc1)NC(=O)c1ccccc1)C(=O)O. The molecule has 0 radical (unpaired) electrons. The van der Waals surface area contributed by atoms with Crippen LogP contribution in [0.15, 0.2) is 60.3 Å². The van der Waals surface area contributed by atoms with Crippen molar-refractivity contribution in [2.24, 2.45) is 5.92 Å². The van der Waals surface area contributed by atoms with Gasteiger partial charge in [0.05, 0.1) is 0 Å². The van der Waals surface area contributed by atoms with Crippen LogP contribution in [0.5, 0.6) is 0 Å². The van der Waals surface area contributed by atoms with Crippen molar-refractivity contribution in [2.75, 3.05) is 0 Å². The van der Waals surface area contributed by atoms with E-state index in [1.807, 2.05) is 0 Å². The number of hydrogen-bond acceptors (Lipinski definition) is 3. The Morgan fingerprint density at radius 3 is 2.14 bits per heavy atom. The van der Waals surface area contributed by atoms with Crippen LogP contribution in [0.1, 0.15) is 29.8 Å². The number of amides is 2. The second-order valence-electron chi connectivity index (χ2n) is 6.46. The van der Waals surface area contributed by atoms with Crippen LogP contribution in [0.2, 0.25) is 0 Å². The van der Waals surface area contributed by atoms with Crippen LogP contribution in [0.25, 0.3) is 6.08 Å². The molecule has 0 unspecified atom stereocenters. The van der Waals surface area contributed by atoms with Crippen molar-refractivity contribution in [3.63, 3.8) is 0 Å². The molecule has 7 heteroatoms. The average molecular weight is 384 g/mol. The molecule has 6 nitrogen and oxygen atoms in total. The summed E-state index contributed by atoms with van der Waals surface area (Å²) in [5.74, 6) is -3.27. The maximum Gasteiger partial charge on any atom is 0.326 e. The zero-order chi connectivity index (χ0) is 20.7. The van der Waals surface area contributed by atoms with Crippen molar-refractivity contribution in [3.8, 4) is 0 Å². The summed E-state index contributed by atoms with van der Waals surface area (Å²) in [5, 5.41) is 14.2. The molecule has 0 aliphatic carbocycles. The molecule has 0 spiro atoms. The Kier molecular flexibility index (Phi) is 7.03. The van der Waals surface area contributed by atoms with Crippen LogP contribution in [0.4, 0.5) is 4.39 Å². The molecule has 0 saturated carbocycles. The lowest BCUT2D eigenvalue weighted by molar-refractivity contribution is -0.142. The maximum absolute atomic E-state index is 13.1. The van der Waals surface area contributed by atoms with Crippen LogP contribution in [0.3, 0.4) is 0 Å². The van der Waals surface area contributed by atoms with E-state index in [1.165, 1.54) is 30.3 Å². The molecular formula is C21H21FN2O4. The quantitative estimate of drug-likeness (QED) is 0.640. The number of hydrogen-bond donors (Lipinski definition) is 3. The fraction of sp³-hybridized carbons (Fsp3) is 0.190. The molecule has 2 rings (SSSR count). The molecule has 0 aliphatic rings. The van der Waals surface area contributed by atoms with Gasteiger partial charge in [-0.15, -0.1) is 0 Å². The third kappa shape index (κ3) is 5.77. The molecule has 2 aromatic carbocycles. The maximum atomic E-state index is 13.1. The number of carboxylic acid groups (broad SMARTS) is 1. The topological polar surface area (TPSA) is 95.5 Å². The second-order valence-corrected chi connectivity index (χ2v) is 6.46. The normalized spacial score (nSPS) is 12.4. The molecule has 0 bridgehead atoms. The van der Waals surface area contributed by atoms with Gasteiger partial charge in [-0.05, 0) is 41.8 Å². The van der Waals surface area contributed by atoms with E-state index in [0.717, 1.165) is 0 Å². The minimum absolute atomic E-state index is 0.146. The van der Waals surface area contributed by atoms with Crippen molar-refractivity contribution in [1.82, 2.24) is 10.6 Å². The van der Waals surface area contributed by atoms with Gasteiger partial charge in [0.1, 0.15) is 17.6 Å². The van der Waals surface area contributed by atoms with Gasteiger partial charge < -0.3 is 15.7 Å². The molecule has 0 saturated heterocycles. The first-order valence-corrected chi connectivity index (χ1v) is 8.65. The van der Waals surface area contributed by atoms with Crippen LogP contribution in [-0.2, 0) is 9.59 Å². The molecule has 3 N–H and O–H groups in total. The van der Waals surface area contributed by atoms with Gasteiger partial charge >= 0.3 is 5.97 Å². The Labute approximate surface area is 162 Å². The number of aliphatic carboxylic acids is 1. The van der Waals surface area contributed by atoms with Crippen LogP contribution >= 0.6 is 0 Å². The first-order chi connectivity index (χ1) is 13.3. The molecule has 146 valence electrons. The predicted molar refractivity (Wildman–Crippen MR) is 103 cm³/mol. The number of rotatable bonds is 7. The molecule has 0 fully saturated rings. The Balaban J connectivity index is 2.32. The number of halogens is 1. The largest absolute Gasteiger partial charge is 0.480 e. The number of benzene rings is 2. The fourth-order valence-corrected chi connectivity index (χ4v) is 2.40. The summed E-state index contributed by atoms with van der Waals surface area (Å²) in [5.41, 5.74) is 0.655. The van der Waals surface area contributed by atoms with E-state index < -0.39 is 29.6 Å². The zero-order valence-electron chi connectivity index (χ0n) is 15.5. The predicted octanol–water partition coefficient (Wildman–Crippen LogP) is 2.82. The molecule has 0 heterocycles. The van der Waals surface area contributed by atoms with E-state index in [1.54, 1.807) is 44.2 Å². The molecule has 2 amide bonds. The van der Waals surface area contributed by atoms with Gasteiger partial charge in [0.15, 0.2) is 0 Å². The van der Waals surface area contributed by atoms with Gasteiger partial charge in [-0.2, -0.15) is 0 Å². The number of nitrogens with one attached hydrogen (secondary N) is 2. The minimum atomic E-state index is -1.18. The lowest BCUT2D eigenvalue weighted by Crippen LogP contribution is -2.47. The highest BCUT2D eigenvalue weighted by Crippen LogP contribution is 2.10. The van der Waals surface area contributed by atoms with Gasteiger partial charge in [-0.1, -0.05) is 44.2 Å². The van der Waals surface area contributed by atoms with Crippen LogP contribution < -0.4 is 10.6 Å². The summed E-state index contributed by atoms with van der Waals surface area (Å²) in [4.78, 5) is 36.5.